The van der Waals surface area contributed by atoms with E-state index in [9.17, 15) is 15.0 Å². The third-order valence-corrected chi connectivity index (χ3v) is 5.06. The first-order valence-electron chi connectivity index (χ1n) is 9.92. The van der Waals surface area contributed by atoms with E-state index in [1.165, 1.54) is 6.92 Å². The normalized spacial score (nSPS) is 14.6. The minimum atomic E-state index is -1.80. The van der Waals surface area contributed by atoms with Crippen molar-refractivity contribution >= 4 is 5.78 Å². The largest absolute Gasteiger partial charge is 0.393 e. The van der Waals surface area contributed by atoms with Crippen LogP contribution in [0.4, 0.5) is 0 Å². The summed E-state index contributed by atoms with van der Waals surface area (Å²) >= 11 is 0. The van der Waals surface area contributed by atoms with E-state index >= 15 is 0 Å². The molecule has 0 aromatic rings. The lowest BCUT2D eigenvalue weighted by Crippen LogP contribution is -2.62. The Morgan fingerprint density at radius 1 is 0.875 bits per heavy atom. The SMILES string of the molecule is CCCCCOC(CCCCC)(CCCCC)C(O)(CO)C(C)=O. The van der Waals surface area contributed by atoms with Crippen molar-refractivity contribution in [3.05, 3.63) is 0 Å². The summed E-state index contributed by atoms with van der Waals surface area (Å²) in [6, 6.07) is 0. The van der Waals surface area contributed by atoms with E-state index in [0.717, 1.165) is 57.8 Å². The molecule has 2 N–H and O–H groups in total. The van der Waals surface area contributed by atoms with Crippen LogP contribution in [0.5, 0.6) is 0 Å². The van der Waals surface area contributed by atoms with Gasteiger partial charge in [-0.2, -0.15) is 0 Å². The van der Waals surface area contributed by atoms with Crippen LogP contribution in [0.1, 0.15) is 98.3 Å². The third kappa shape index (κ3) is 6.81. The Morgan fingerprint density at radius 3 is 1.71 bits per heavy atom. The van der Waals surface area contributed by atoms with Crippen LogP contribution in [-0.2, 0) is 9.53 Å². The van der Waals surface area contributed by atoms with Gasteiger partial charge in [0.05, 0.1) is 6.61 Å². The van der Waals surface area contributed by atoms with Crippen molar-refractivity contribution in [1.29, 1.82) is 0 Å². The van der Waals surface area contributed by atoms with Crippen molar-refractivity contribution in [1.82, 2.24) is 0 Å². The van der Waals surface area contributed by atoms with Gasteiger partial charge < -0.3 is 14.9 Å². The van der Waals surface area contributed by atoms with E-state index in [0.29, 0.717) is 19.4 Å². The Labute approximate surface area is 149 Å². The predicted molar refractivity (Wildman–Crippen MR) is 99.2 cm³/mol. The second-order valence-electron chi connectivity index (χ2n) is 7.04. The molecular formula is C20H40O4. The van der Waals surface area contributed by atoms with Crippen molar-refractivity contribution < 1.29 is 19.7 Å². The van der Waals surface area contributed by atoms with Crippen LogP contribution in [0, 0.1) is 0 Å². The summed E-state index contributed by atoms with van der Waals surface area (Å²) in [5.41, 5.74) is -2.77. The molecule has 0 bridgehead atoms. The highest BCUT2D eigenvalue weighted by Crippen LogP contribution is 2.38. The molecule has 0 spiro atoms. The molecule has 0 aromatic carbocycles. The van der Waals surface area contributed by atoms with Crippen molar-refractivity contribution in [3.8, 4) is 0 Å². The predicted octanol–water partition coefficient (Wildman–Crippen LogP) is 4.41. The van der Waals surface area contributed by atoms with Crippen molar-refractivity contribution in [2.75, 3.05) is 13.2 Å². The van der Waals surface area contributed by atoms with Crippen molar-refractivity contribution in [3.63, 3.8) is 0 Å². The number of carbonyl (C=O) groups is 1. The molecule has 4 nitrogen and oxygen atoms in total. The number of ketones is 1. The van der Waals surface area contributed by atoms with Gasteiger partial charge in [0.15, 0.2) is 11.4 Å². The molecule has 0 radical (unpaired) electrons. The van der Waals surface area contributed by atoms with Gasteiger partial charge in [-0.1, -0.05) is 72.1 Å². The monoisotopic (exact) mass is 344 g/mol. The second-order valence-corrected chi connectivity index (χ2v) is 7.04. The maximum atomic E-state index is 12.2. The van der Waals surface area contributed by atoms with Crippen LogP contribution in [0.2, 0.25) is 0 Å². The fourth-order valence-electron chi connectivity index (χ4n) is 3.32. The number of carbonyl (C=O) groups excluding carboxylic acids is 1. The molecule has 0 aliphatic carbocycles. The summed E-state index contributed by atoms with van der Waals surface area (Å²) < 4.78 is 6.21. The number of ether oxygens (including phenoxy) is 1. The number of aliphatic hydroxyl groups excluding tert-OH is 1. The molecule has 0 fully saturated rings. The Bertz CT molecular complexity index is 320. The summed E-state index contributed by atoms with van der Waals surface area (Å²) in [5.74, 6) is -0.395. The number of aliphatic hydroxyl groups is 2. The molecule has 0 aliphatic rings. The minimum absolute atomic E-state index is 0.395. The fraction of sp³-hybridized carbons (Fsp3) is 0.950. The highest BCUT2D eigenvalue weighted by Gasteiger charge is 2.53. The smallest absolute Gasteiger partial charge is 0.174 e. The summed E-state index contributed by atoms with van der Waals surface area (Å²) in [6.45, 7) is 7.71. The second kappa shape index (κ2) is 12.8. The molecule has 0 aliphatic heterocycles. The Hall–Kier alpha value is -0.450. The Balaban J connectivity index is 5.40. The van der Waals surface area contributed by atoms with Gasteiger partial charge in [-0.05, 0) is 26.2 Å². The maximum absolute atomic E-state index is 12.2. The van der Waals surface area contributed by atoms with E-state index in [-0.39, 0.29) is 0 Å². The Kier molecular flexibility index (Phi) is 12.6. The number of Topliss-reactive ketones (excluding diaryl/α,β-unsaturated/α-hetero) is 1. The van der Waals surface area contributed by atoms with Crippen LogP contribution in [0.15, 0.2) is 0 Å². The molecule has 1 atom stereocenters. The van der Waals surface area contributed by atoms with Gasteiger partial charge in [0.25, 0.3) is 0 Å². The molecule has 24 heavy (non-hydrogen) atoms. The zero-order chi connectivity index (χ0) is 18.5. The zero-order valence-corrected chi connectivity index (χ0v) is 16.4. The molecule has 0 saturated carbocycles. The number of unbranched alkanes of at least 4 members (excludes halogenated alkanes) is 6. The third-order valence-electron chi connectivity index (χ3n) is 5.06. The Morgan fingerprint density at radius 2 is 1.33 bits per heavy atom. The van der Waals surface area contributed by atoms with Crippen LogP contribution < -0.4 is 0 Å². The van der Waals surface area contributed by atoms with Gasteiger partial charge in [-0.15, -0.1) is 0 Å². The summed E-state index contributed by atoms with van der Waals surface area (Å²) in [4.78, 5) is 12.2. The van der Waals surface area contributed by atoms with Gasteiger partial charge >= 0.3 is 0 Å². The van der Waals surface area contributed by atoms with E-state index in [2.05, 4.69) is 20.8 Å². The lowest BCUT2D eigenvalue weighted by Gasteiger charge is -2.45. The zero-order valence-electron chi connectivity index (χ0n) is 16.4. The summed E-state index contributed by atoms with van der Waals surface area (Å²) in [6.07, 6.45) is 10.3. The molecule has 0 heterocycles. The number of rotatable bonds is 16. The lowest BCUT2D eigenvalue weighted by molar-refractivity contribution is -0.207. The molecular weight excluding hydrogens is 304 g/mol. The van der Waals surface area contributed by atoms with Gasteiger partial charge in [-0.3, -0.25) is 4.79 Å². The fourth-order valence-corrected chi connectivity index (χ4v) is 3.32. The standard InChI is InChI=1S/C20H40O4/c1-5-8-11-14-19(15-12-9-6-2,24-16-13-10-7-3)20(23,17-21)18(4)22/h21,23H,5-17H2,1-4H3. The maximum Gasteiger partial charge on any atom is 0.174 e. The summed E-state index contributed by atoms with van der Waals surface area (Å²) in [5, 5.41) is 20.9. The van der Waals surface area contributed by atoms with Crippen molar-refractivity contribution in [2.45, 2.75) is 110 Å². The first-order valence-corrected chi connectivity index (χ1v) is 9.92. The lowest BCUT2D eigenvalue weighted by atomic mass is 9.73. The van der Waals surface area contributed by atoms with Crippen LogP contribution >= 0.6 is 0 Å². The highest BCUT2D eigenvalue weighted by molar-refractivity contribution is 5.86. The van der Waals surface area contributed by atoms with Crippen molar-refractivity contribution in [2.24, 2.45) is 0 Å². The van der Waals surface area contributed by atoms with E-state index in [1.807, 2.05) is 0 Å². The van der Waals surface area contributed by atoms with E-state index in [1.54, 1.807) is 0 Å². The van der Waals surface area contributed by atoms with Crippen LogP contribution in [0.3, 0.4) is 0 Å². The summed E-state index contributed by atoms with van der Waals surface area (Å²) in [7, 11) is 0. The molecule has 144 valence electrons. The molecule has 4 heteroatoms. The minimum Gasteiger partial charge on any atom is -0.393 e. The van der Waals surface area contributed by atoms with Crippen LogP contribution in [0.25, 0.3) is 0 Å². The molecule has 0 amide bonds. The van der Waals surface area contributed by atoms with Gasteiger partial charge in [0.1, 0.15) is 5.60 Å². The molecule has 0 aromatic heterocycles. The molecule has 1 unspecified atom stereocenters. The quantitative estimate of drug-likeness (QED) is 0.407. The molecule has 0 saturated heterocycles. The average Bonchev–Trinajstić information content (AvgIpc) is 2.57. The highest BCUT2D eigenvalue weighted by atomic mass is 16.5. The van der Waals surface area contributed by atoms with E-state index in [4.69, 9.17) is 4.74 Å². The van der Waals surface area contributed by atoms with Crippen LogP contribution in [-0.4, -0.2) is 40.4 Å². The first-order chi connectivity index (χ1) is 11.4. The molecule has 0 rings (SSSR count). The topological polar surface area (TPSA) is 66.8 Å². The van der Waals surface area contributed by atoms with Gasteiger partial charge in [0, 0.05) is 6.61 Å². The van der Waals surface area contributed by atoms with Gasteiger partial charge in [0.2, 0.25) is 0 Å². The number of hydrogen-bond donors (Lipinski definition) is 2. The first kappa shape index (κ1) is 23.5. The van der Waals surface area contributed by atoms with Gasteiger partial charge in [-0.25, -0.2) is 0 Å². The van der Waals surface area contributed by atoms with E-state index < -0.39 is 23.6 Å². The average molecular weight is 345 g/mol. The number of hydrogen-bond acceptors (Lipinski definition) is 4.